The number of halogens is 1. The van der Waals surface area contributed by atoms with E-state index >= 15 is 0 Å². The number of aromatic nitrogens is 1. The van der Waals surface area contributed by atoms with Crippen LogP contribution in [0.15, 0.2) is 60.9 Å². The first kappa shape index (κ1) is 27.9. The quantitative estimate of drug-likeness (QED) is 0.493. The summed E-state index contributed by atoms with van der Waals surface area (Å²) in [4.78, 5) is 44.4. The average molecular weight is 563 g/mol. The molecule has 2 aliphatic heterocycles. The standard InChI is InChI=1S/C30H31FN4O6/c1-39-26-6-4-19-5-7-28(36)33-15-20-11-22(31)14-23(12-20)41-25-8-10-35(30(38)21-3-2-9-32-16-21)17-24(25)34-29(37)18-40-27(26)13-19/h2-4,6,9,11-14,16,24-25H,5,7-8,10,15,17-18H2,1H3,(H,33,36)(H,34,37)/t24-,25-/m1/s1. The zero-order chi connectivity index (χ0) is 28.8. The molecule has 1 saturated heterocycles. The van der Waals surface area contributed by atoms with Gasteiger partial charge in [-0.05, 0) is 53.9 Å². The van der Waals surface area contributed by atoms with Crippen LogP contribution < -0.4 is 24.8 Å². The van der Waals surface area contributed by atoms with Gasteiger partial charge in [0.2, 0.25) is 5.91 Å². The fourth-order valence-electron chi connectivity index (χ4n) is 4.96. The predicted molar refractivity (Wildman–Crippen MR) is 146 cm³/mol. The number of nitrogens with one attached hydrogen (secondary N) is 2. The Morgan fingerprint density at radius 3 is 2.78 bits per heavy atom. The molecule has 11 heteroatoms. The van der Waals surface area contributed by atoms with Crippen LogP contribution in [0.4, 0.5) is 4.39 Å². The summed E-state index contributed by atoms with van der Waals surface area (Å²) < 4.78 is 31.9. The van der Waals surface area contributed by atoms with E-state index in [9.17, 15) is 18.8 Å². The number of amides is 3. The molecular weight excluding hydrogens is 531 g/mol. The largest absolute Gasteiger partial charge is 0.493 e. The molecule has 10 nitrogen and oxygen atoms in total. The molecule has 0 spiro atoms. The van der Waals surface area contributed by atoms with Gasteiger partial charge < -0.3 is 29.7 Å². The van der Waals surface area contributed by atoms with Crippen LogP contribution in [0.2, 0.25) is 0 Å². The summed E-state index contributed by atoms with van der Waals surface area (Å²) in [5.74, 6) is -0.252. The lowest BCUT2D eigenvalue weighted by atomic mass is 10.0. The molecule has 5 rings (SSSR count). The van der Waals surface area contributed by atoms with E-state index in [0.717, 1.165) is 5.56 Å². The second-order valence-corrected chi connectivity index (χ2v) is 9.96. The molecule has 214 valence electrons. The highest BCUT2D eigenvalue weighted by molar-refractivity contribution is 5.94. The number of hydrogen-bond donors (Lipinski definition) is 2. The van der Waals surface area contributed by atoms with Crippen molar-refractivity contribution in [1.82, 2.24) is 20.5 Å². The highest BCUT2D eigenvalue weighted by Gasteiger charge is 2.35. The summed E-state index contributed by atoms with van der Waals surface area (Å²) in [5, 5.41) is 5.77. The Labute approximate surface area is 236 Å². The molecule has 41 heavy (non-hydrogen) atoms. The van der Waals surface area contributed by atoms with Crippen LogP contribution in [0.5, 0.6) is 17.2 Å². The van der Waals surface area contributed by atoms with Crippen molar-refractivity contribution in [1.29, 1.82) is 0 Å². The summed E-state index contributed by atoms with van der Waals surface area (Å²) in [7, 11) is 1.50. The van der Waals surface area contributed by atoms with Crippen LogP contribution in [-0.2, 0) is 22.6 Å². The second kappa shape index (κ2) is 12.7. The second-order valence-electron chi connectivity index (χ2n) is 9.96. The highest BCUT2D eigenvalue weighted by atomic mass is 19.1. The third-order valence-electron chi connectivity index (χ3n) is 7.03. The van der Waals surface area contributed by atoms with Gasteiger partial charge in [-0.3, -0.25) is 19.4 Å². The fourth-order valence-corrected chi connectivity index (χ4v) is 4.96. The molecule has 0 radical (unpaired) electrons. The Balaban J connectivity index is 1.41. The maximum Gasteiger partial charge on any atom is 0.258 e. The van der Waals surface area contributed by atoms with Gasteiger partial charge in [0.15, 0.2) is 18.1 Å². The molecule has 2 N–H and O–H groups in total. The van der Waals surface area contributed by atoms with E-state index in [0.29, 0.717) is 42.0 Å². The first-order valence-corrected chi connectivity index (χ1v) is 13.4. The summed E-state index contributed by atoms with van der Waals surface area (Å²) in [6, 6.07) is 12.3. The maximum absolute atomic E-state index is 14.5. The summed E-state index contributed by atoms with van der Waals surface area (Å²) in [6.07, 6.45) is 3.55. The third kappa shape index (κ3) is 7.10. The number of hydrogen-bond acceptors (Lipinski definition) is 7. The van der Waals surface area contributed by atoms with Gasteiger partial charge in [0.05, 0.1) is 18.7 Å². The van der Waals surface area contributed by atoms with E-state index in [2.05, 4.69) is 15.6 Å². The number of fused-ring (bicyclic) bond motifs is 5. The number of piperidine rings is 1. The Hall–Kier alpha value is -4.67. The Kier molecular flexibility index (Phi) is 8.61. The lowest BCUT2D eigenvalue weighted by molar-refractivity contribution is -0.125. The molecule has 2 aliphatic rings. The first-order chi connectivity index (χ1) is 19.9. The van der Waals surface area contributed by atoms with Crippen LogP contribution in [0, 0.1) is 5.82 Å². The Morgan fingerprint density at radius 1 is 1.10 bits per heavy atom. The van der Waals surface area contributed by atoms with Crippen LogP contribution in [0.1, 0.15) is 34.3 Å². The lowest BCUT2D eigenvalue weighted by Crippen LogP contribution is -2.58. The van der Waals surface area contributed by atoms with Crippen LogP contribution in [0.25, 0.3) is 0 Å². The number of methoxy groups -OCH3 is 1. The van der Waals surface area contributed by atoms with Crippen LogP contribution in [-0.4, -0.2) is 66.6 Å². The molecule has 3 heterocycles. The number of nitrogens with zero attached hydrogens (tertiary/aromatic N) is 2. The van der Waals surface area contributed by atoms with Gasteiger partial charge in [-0.2, -0.15) is 0 Å². The number of likely N-dealkylation sites (tertiary alicyclic amines) is 1. The highest BCUT2D eigenvalue weighted by Crippen LogP contribution is 2.29. The van der Waals surface area contributed by atoms with Gasteiger partial charge in [-0.1, -0.05) is 6.07 Å². The van der Waals surface area contributed by atoms with Gasteiger partial charge in [-0.15, -0.1) is 0 Å². The number of pyridine rings is 1. The van der Waals surface area contributed by atoms with Gasteiger partial charge >= 0.3 is 0 Å². The van der Waals surface area contributed by atoms with Crippen molar-refractivity contribution in [2.45, 2.75) is 38.0 Å². The number of carbonyl (C=O) groups is 3. The summed E-state index contributed by atoms with van der Waals surface area (Å²) in [6.45, 7) is 0.344. The molecule has 4 bridgehead atoms. The van der Waals surface area contributed by atoms with Crippen molar-refractivity contribution in [3.8, 4) is 17.2 Å². The molecule has 0 unspecified atom stereocenters. The van der Waals surface area contributed by atoms with Gasteiger partial charge in [0, 0.05) is 50.9 Å². The lowest BCUT2D eigenvalue weighted by Gasteiger charge is -2.39. The van der Waals surface area contributed by atoms with Crippen molar-refractivity contribution in [3.05, 3.63) is 83.4 Å². The molecular formula is C30H31FN4O6. The zero-order valence-corrected chi connectivity index (χ0v) is 22.6. The summed E-state index contributed by atoms with van der Waals surface area (Å²) >= 11 is 0. The summed E-state index contributed by atoms with van der Waals surface area (Å²) in [5.41, 5.74) is 1.81. The number of benzene rings is 2. The predicted octanol–water partition coefficient (Wildman–Crippen LogP) is 2.65. The van der Waals surface area contributed by atoms with Gasteiger partial charge in [0.25, 0.3) is 11.8 Å². The molecule has 0 aliphatic carbocycles. The molecule has 3 amide bonds. The number of ether oxygens (including phenoxy) is 3. The third-order valence-corrected chi connectivity index (χ3v) is 7.03. The molecule has 1 aromatic heterocycles. The minimum Gasteiger partial charge on any atom is -0.493 e. The zero-order valence-electron chi connectivity index (χ0n) is 22.6. The smallest absolute Gasteiger partial charge is 0.258 e. The Bertz CT molecular complexity index is 1420. The molecule has 0 saturated carbocycles. The van der Waals surface area contributed by atoms with Crippen molar-refractivity contribution in [2.75, 3.05) is 26.8 Å². The van der Waals surface area contributed by atoms with Crippen molar-refractivity contribution in [3.63, 3.8) is 0 Å². The minimum absolute atomic E-state index is 0.127. The molecule has 2 aromatic carbocycles. The van der Waals surface area contributed by atoms with Crippen molar-refractivity contribution < 1.29 is 33.0 Å². The minimum atomic E-state index is -0.612. The fraction of sp³-hybridized carbons (Fsp3) is 0.333. The van der Waals surface area contributed by atoms with E-state index in [1.807, 2.05) is 6.07 Å². The maximum atomic E-state index is 14.5. The number of rotatable bonds is 2. The van der Waals surface area contributed by atoms with E-state index in [4.69, 9.17) is 14.2 Å². The van der Waals surface area contributed by atoms with Gasteiger partial charge in [-0.25, -0.2) is 4.39 Å². The molecule has 3 aromatic rings. The van der Waals surface area contributed by atoms with Crippen molar-refractivity contribution in [2.24, 2.45) is 0 Å². The number of carbonyl (C=O) groups excluding carboxylic acids is 3. The Morgan fingerprint density at radius 2 is 1.98 bits per heavy atom. The van der Waals surface area contributed by atoms with Crippen LogP contribution >= 0.6 is 0 Å². The van der Waals surface area contributed by atoms with Crippen molar-refractivity contribution >= 4 is 17.7 Å². The van der Waals surface area contributed by atoms with E-state index in [1.165, 1.54) is 25.4 Å². The van der Waals surface area contributed by atoms with E-state index < -0.39 is 23.9 Å². The monoisotopic (exact) mass is 562 g/mol. The molecule has 2 atom stereocenters. The number of aryl methyl sites for hydroxylation is 1. The van der Waals surface area contributed by atoms with Gasteiger partial charge in [0.1, 0.15) is 17.7 Å². The van der Waals surface area contributed by atoms with E-state index in [-0.39, 0.29) is 43.7 Å². The van der Waals surface area contributed by atoms with Crippen LogP contribution in [0.3, 0.4) is 0 Å². The first-order valence-electron chi connectivity index (χ1n) is 13.4. The van der Waals surface area contributed by atoms with E-state index in [1.54, 1.807) is 41.4 Å². The topological polar surface area (TPSA) is 119 Å². The normalized spacial score (nSPS) is 19.7. The SMILES string of the molecule is COc1ccc2cc1OCC(=O)N[C@@H]1CN(C(=O)c3cccnc3)CC[C@H]1Oc1cc(F)cc(c1)CNC(=O)CC2. The molecule has 1 fully saturated rings. The average Bonchev–Trinajstić information content (AvgIpc) is 2.98.